The summed E-state index contributed by atoms with van der Waals surface area (Å²) in [5.41, 5.74) is 0.483. The second-order valence-electron chi connectivity index (χ2n) is 6.36. The summed E-state index contributed by atoms with van der Waals surface area (Å²) in [6.07, 6.45) is -3.27. The third-order valence-electron chi connectivity index (χ3n) is 4.15. The summed E-state index contributed by atoms with van der Waals surface area (Å²) in [4.78, 5) is 11.7. The molecule has 0 heterocycles. The fraction of sp³-hybridized carbons (Fsp3) is 0.471. The van der Waals surface area contributed by atoms with Crippen LogP contribution in [0.15, 0.2) is 30.4 Å². The van der Waals surface area contributed by atoms with Gasteiger partial charge < -0.3 is 4.74 Å². The molecule has 1 aromatic carbocycles. The molecule has 0 fully saturated rings. The Morgan fingerprint density at radius 1 is 1.23 bits per heavy atom. The molecule has 0 saturated carbocycles. The molecular weight excluding hydrogens is 293 g/mol. The largest absolute Gasteiger partial charge is 0.456 e. The van der Waals surface area contributed by atoms with Crippen LogP contribution in [0.25, 0.3) is 0 Å². The van der Waals surface area contributed by atoms with Gasteiger partial charge in [-0.1, -0.05) is 12.6 Å². The summed E-state index contributed by atoms with van der Waals surface area (Å²) in [6, 6.07) is 3.83. The Hall–Kier alpha value is -1.78. The zero-order chi connectivity index (χ0) is 16.7. The summed E-state index contributed by atoms with van der Waals surface area (Å²) in [5.74, 6) is -0.522. The van der Waals surface area contributed by atoms with Gasteiger partial charge in [0.1, 0.15) is 5.60 Å². The van der Waals surface area contributed by atoms with Crippen LogP contribution in [0.2, 0.25) is 0 Å². The van der Waals surface area contributed by atoms with Crippen molar-refractivity contribution in [3.05, 3.63) is 47.0 Å². The van der Waals surface area contributed by atoms with Gasteiger partial charge in [-0.25, -0.2) is 4.79 Å². The number of benzene rings is 1. The Morgan fingerprint density at radius 2 is 1.82 bits per heavy atom. The molecule has 0 aromatic heterocycles. The predicted molar refractivity (Wildman–Crippen MR) is 77.3 cm³/mol. The number of halogens is 3. The molecular formula is C17H19F3O2. The molecule has 0 saturated heterocycles. The average Bonchev–Trinajstić information content (AvgIpc) is 2.80. The highest BCUT2D eigenvalue weighted by Crippen LogP contribution is 2.39. The number of carbonyl (C=O) groups excluding carboxylic acids is 1. The van der Waals surface area contributed by atoms with Crippen molar-refractivity contribution in [2.45, 2.75) is 45.4 Å². The molecule has 5 heteroatoms. The predicted octanol–water partition coefficient (Wildman–Crippen LogP) is 4.32. The molecule has 2 rings (SSSR count). The quantitative estimate of drug-likeness (QED) is 0.614. The van der Waals surface area contributed by atoms with E-state index in [2.05, 4.69) is 6.58 Å². The van der Waals surface area contributed by atoms with Crippen LogP contribution in [0.4, 0.5) is 13.2 Å². The first-order valence-corrected chi connectivity index (χ1v) is 7.08. The lowest BCUT2D eigenvalue weighted by atomic mass is 9.88. The first-order chi connectivity index (χ1) is 10.0. The van der Waals surface area contributed by atoms with E-state index in [9.17, 15) is 18.0 Å². The summed E-state index contributed by atoms with van der Waals surface area (Å²) < 4.78 is 43.8. The number of rotatable bonds is 3. The number of carbonyl (C=O) groups is 1. The number of hydrogen-bond donors (Lipinski definition) is 0. The van der Waals surface area contributed by atoms with Gasteiger partial charge in [-0.05, 0) is 56.9 Å². The Labute approximate surface area is 128 Å². The van der Waals surface area contributed by atoms with E-state index in [1.165, 1.54) is 12.1 Å². The first kappa shape index (κ1) is 16.6. The van der Waals surface area contributed by atoms with E-state index in [0.717, 1.165) is 11.6 Å². The summed E-state index contributed by atoms with van der Waals surface area (Å²) in [5, 5.41) is 0. The molecule has 0 radical (unpaired) electrons. The van der Waals surface area contributed by atoms with Gasteiger partial charge in [-0.15, -0.1) is 0 Å². The number of esters is 1. The summed E-state index contributed by atoms with van der Waals surface area (Å²) in [7, 11) is 0. The lowest BCUT2D eigenvalue weighted by Gasteiger charge is -2.31. The van der Waals surface area contributed by atoms with Crippen LogP contribution in [0.1, 0.15) is 37.5 Å². The average molecular weight is 312 g/mol. The number of ether oxygens (including phenoxy) is 1. The normalized spacial score (nSPS) is 18.0. The van der Waals surface area contributed by atoms with Crippen LogP contribution in [-0.2, 0) is 28.5 Å². The minimum absolute atomic E-state index is 0.0470. The number of fused-ring (bicyclic) bond motifs is 1. The molecule has 2 nitrogen and oxygen atoms in total. The fourth-order valence-electron chi connectivity index (χ4n) is 2.70. The van der Waals surface area contributed by atoms with Crippen molar-refractivity contribution in [3.63, 3.8) is 0 Å². The highest BCUT2D eigenvalue weighted by atomic mass is 19.4. The van der Waals surface area contributed by atoms with Crippen LogP contribution < -0.4 is 0 Å². The van der Waals surface area contributed by atoms with Crippen molar-refractivity contribution >= 4 is 5.97 Å². The van der Waals surface area contributed by atoms with Crippen molar-refractivity contribution in [3.8, 4) is 0 Å². The van der Waals surface area contributed by atoms with Gasteiger partial charge in [0, 0.05) is 11.5 Å². The SMILES string of the molecule is C=C(C)C(=O)OC(C)(C)C1Cc2ccc(C(F)(F)F)cc2C1. The topological polar surface area (TPSA) is 26.3 Å². The van der Waals surface area contributed by atoms with Gasteiger partial charge in [-0.2, -0.15) is 13.2 Å². The maximum Gasteiger partial charge on any atom is 0.416 e. The minimum Gasteiger partial charge on any atom is -0.456 e. The molecule has 22 heavy (non-hydrogen) atoms. The van der Waals surface area contributed by atoms with E-state index in [1.54, 1.807) is 20.8 Å². The van der Waals surface area contributed by atoms with Crippen molar-refractivity contribution in [1.29, 1.82) is 0 Å². The minimum atomic E-state index is -4.34. The smallest absolute Gasteiger partial charge is 0.416 e. The van der Waals surface area contributed by atoms with Crippen molar-refractivity contribution in [1.82, 2.24) is 0 Å². The highest BCUT2D eigenvalue weighted by Gasteiger charge is 2.39. The molecule has 1 atom stereocenters. The van der Waals surface area contributed by atoms with E-state index >= 15 is 0 Å². The molecule has 1 aliphatic rings. The van der Waals surface area contributed by atoms with E-state index in [4.69, 9.17) is 4.74 Å². The molecule has 1 unspecified atom stereocenters. The number of alkyl halides is 3. The third kappa shape index (κ3) is 3.34. The second kappa shape index (κ2) is 5.45. The van der Waals surface area contributed by atoms with E-state index in [-0.39, 0.29) is 5.92 Å². The zero-order valence-corrected chi connectivity index (χ0v) is 12.9. The Bertz CT molecular complexity index is 615. The maximum absolute atomic E-state index is 12.8. The van der Waals surface area contributed by atoms with E-state index in [1.807, 2.05) is 0 Å². The van der Waals surface area contributed by atoms with Crippen LogP contribution in [-0.4, -0.2) is 11.6 Å². The van der Waals surface area contributed by atoms with Gasteiger partial charge in [0.25, 0.3) is 0 Å². The van der Waals surface area contributed by atoms with Crippen LogP contribution in [0.5, 0.6) is 0 Å². The van der Waals surface area contributed by atoms with Gasteiger partial charge in [-0.3, -0.25) is 0 Å². The molecule has 0 amide bonds. The number of hydrogen-bond acceptors (Lipinski definition) is 2. The van der Waals surface area contributed by atoms with Gasteiger partial charge in [0.2, 0.25) is 0 Å². The van der Waals surface area contributed by atoms with Crippen LogP contribution in [0.3, 0.4) is 0 Å². The van der Waals surface area contributed by atoms with Gasteiger partial charge in [0.05, 0.1) is 5.56 Å². The molecule has 0 N–H and O–H groups in total. The van der Waals surface area contributed by atoms with E-state index < -0.39 is 23.3 Å². The Kier molecular flexibility index (Phi) is 4.11. The maximum atomic E-state index is 12.8. The second-order valence-corrected chi connectivity index (χ2v) is 6.36. The summed E-state index contributed by atoms with van der Waals surface area (Å²) >= 11 is 0. The van der Waals surface area contributed by atoms with Crippen molar-refractivity contribution in [2.75, 3.05) is 0 Å². The highest BCUT2D eigenvalue weighted by molar-refractivity contribution is 5.87. The third-order valence-corrected chi connectivity index (χ3v) is 4.15. The van der Waals surface area contributed by atoms with E-state index in [0.29, 0.717) is 24.0 Å². The first-order valence-electron chi connectivity index (χ1n) is 7.08. The zero-order valence-electron chi connectivity index (χ0n) is 12.9. The molecule has 1 aliphatic carbocycles. The lowest BCUT2D eigenvalue weighted by Crippen LogP contribution is -2.37. The molecule has 0 bridgehead atoms. The molecule has 1 aromatic rings. The fourth-order valence-corrected chi connectivity index (χ4v) is 2.70. The van der Waals surface area contributed by atoms with Gasteiger partial charge >= 0.3 is 12.1 Å². The molecule has 0 aliphatic heterocycles. The van der Waals surface area contributed by atoms with Crippen molar-refractivity contribution < 1.29 is 22.7 Å². The van der Waals surface area contributed by atoms with Crippen LogP contribution in [0, 0.1) is 5.92 Å². The molecule has 120 valence electrons. The van der Waals surface area contributed by atoms with Crippen molar-refractivity contribution in [2.24, 2.45) is 5.92 Å². The summed E-state index contributed by atoms with van der Waals surface area (Å²) in [6.45, 7) is 8.68. The molecule has 0 spiro atoms. The monoisotopic (exact) mass is 312 g/mol. The Morgan fingerprint density at radius 3 is 2.36 bits per heavy atom. The standard InChI is InChI=1S/C17H19F3O2/c1-10(2)15(21)22-16(3,4)14-7-11-5-6-13(17(18,19)20)8-12(11)9-14/h5-6,8,14H,1,7,9H2,2-4H3. The van der Waals surface area contributed by atoms with Crippen LogP contribution >= 0.6 is 0 Å². The lowest BCUT2D eigenvalue weighted by molar-refractivity contribution is -0.156. The van der Waals surface area contributed by atoms with Gasteiger partial charge in [0.15, 0.2) is 0 Å². The Balaban J connectivity index is 2.18.